The molecule has 100 valence electrons. The summed E-state index contributed by atoms with van der Waals surface area (Å²) < 4.78 is 6.67. The van der Waals surface area contributed by atoms with Gasteiger partial charge in [0.1, 0.15) is 0 Å². The first-order chi connectivity index (χ1) is 9.24. The molecule has 1 aromatic heterocycles. The molecule has 0 aliphatic rings. The van der Waals surface area contributed by atoms with Gasteiger partial charge >= 0.3 is 5.97 Å². The lowest BCUT2D eigenvalue weighted by Crippen LogP contribution is -2.06. The molecule has 1 aromatic carbocycles. The van der Waals surface area contributed by atoms with Gasteiger partial charge in [-0.2, -0.15) is 0 Å². The summed E-state index contributed by atoms with van der Waals surface area (Å²) in [4.78, 5) is 11.6. The number of rotatable bonds is 5. The summed E-state index contributed by atoms with van der Waals surface area (Å²) in [6.07, 6.45) is 2.56. The number of hydrogen-bond acceptors (Lipinski definition) is 5. The molecular weight excluding hydrogens is 244 g/mol. The van der Waals surface area contributed by atoms with Gasteiger partial charge in [-0.3, -0.25) is 0 Å². The quantitative estimate of drug-likeness (QED) is 0.819. The van der Waals surface area contributed by atoms with Gasteiger partial charge in [0.15, 0.2) is 0 Å². The van der Waals surface area contributed by atoms with Gasteiger partial charge in [-0.05, 0) is 30.7 Å². The van der Waals surface area contributed by atoms with Crippen molar-refractivity contribution in [1.82, 2.24) is 15.0 Å². The summed E-state index contributed by atoms with van der Waals surface area (Å²) in [5.74, 6) is -0.311. The number of carbonyl (C=O) groups excluding carboxylic acids is 1. The standard InChI is InChI=1S/C13H16N4O2/c1-2-7-19-13(18)10-3-5-12(6-4-10)17-9-11(8-14)15-16-17/h3-6,9H,2,7-8,14H2,1H3. The summed E-state index contributed by atoms with van der Waals surface area (Å²) in [6, 6.07) is 6.99. The molecule has 6 nitrogen and oxygen atoms in total. The molecule has 0 aliphatic heterocycles. The van der Waals surface area contributed by atoms with Crippen molar-refractivity contribution < 1.29 is 9.53 Å². The Morgan fingerprint density at radius 1 is 1.37 bits per heavy atom. The van der Waals surface area contributed by atoms with Gasteiger partial charge in [0.2, 0.25) is 0 Å². The Morgan fingerprint density at radius 3 is 2.68 bits per heavy atom. The van der Waals surface area contributed by atoms with E-state index in [2.05, 4.69) is 10.3 Å². The second-order valence-electron chi connectivity index (χ2n) is 4.04. The Balaban J connectivity index is 2.11. The highest BCUT2D eigenvalue weighted by Gasteiger charge is 2.07. The molecular formula is C13H16N4O2. The number of esters is 1. The molecule has 0 aliphatic carbocycles. The van der Waals surface area contributed by atoms with E-state index in [1.54, 1.807) is 35.1 Å². The van der Waals surface area contributed by atoms with Crippen LogP contribution in [0, 0.1) is 0 Å². The Labute approximate surface area is 111 Å². The van der Waals surface area contributed by atoms with E-state index in [1.807, 2.05) is 6.92 Å². The lowest BCUT2D eigenvalue weighted by Gasteiger charge is -2.04. The summed E-state index contributed by atoms with van der Waals surface area (Å²) in [7, 11) is 0. The van der Waals surface area contributed by atoms with Gasteiger partial charge in [0.05, 0.1) is 29.7 Å². The number of benzene rings is 1. The van der Waals surface area contributed by atoms with Gasteiger partial charge in [-0.15, -0.1) is 5.10 Å². The summed E-state index contributed by atoms with van der Waals surface area (Å²) in [6.45, 7) is 2.74. The average Bonchev–Trinajstić information content (AvgIpc) is 2.94. The predicted octanol–water partition coefficient (Wildman–Crippen LogP) is 1.29. The first-order valence-electron chi connectivity index (χ1n) is 6.13. The molecule has 0 fully saturated rings. The maximum Gasteiger partial charge on any atom is 0.338 e. The Kier molecular flexibility index (Phi) is 4.25. The van der Waals surface area contributed by atoms with Crippen LogP contribution in [-0.2, 0) is 11.3 Å². The van der Waals surface area contributed by atoms with Crippen LogP contribution in [-0.4, -0.2) is 27.6 Å². The molecule has 0 bridgehead atoms. The minimum atomic E-state index is -0.311. The van der Waals surface area contributed by atoms with E-state index >= 15 is 0 Å². The minimum Gasteiger partial charge on any atom is -0.462 e. The van der Waals surface area contributed by atoms with Crippen molar-refractivity contribution in [3.8, 4) is 5.69 Å². The second-order valence-corrected chi connectivity index (χ2v) is 4.04. The van der Waals surface area contributed by atoms with Gasteiger partial charge in [-0.1, -0.05) is 12.1 Å². The highest BCUT2D eigenvalue weighted by atomic mass is 16.5. The molecule has 19 heavy (non-hydrogen) atoms. The number of ether oxygens (including phenoxy) is 1. The fourth-order valence-corrected chi connectivity index (χ4v) is 1.55. The highest BCUT2D eigenvalue weighted by Crippen LogP contribution is 2.10. The summed E-state index contributed by atoms with van der Waals surface area (Å²) in [5, 5.41) is 7.86. The largest absolute Gasteiger partial charge is 0.462 e. The Morgan fingerprint density at radius 2 is 2.11 bits per heavy atom. The van der Waals surface area contributed by atoms with Crippen LogP contribution in [0.5, 0.6) is 0 Å². The van der Waals surface area contributed by atoms with Crippen LogP contribution in [0.4, 0.5) is 0 Å². The maximum atomic E-state index is 11.6. The molecule has 0 saturated heterocycles. The SMILES string of the molecule is CCCOC(=O)c1ccc(-n2cc(CN)nn2)cc1. The van der Waals surface area contributed by atoms with Gasteiger partial charge in [-0.25, -0.2) is 9.48 Å². The van der Waals surface area contributed by atoms with E-state index < -0.39 is 0 Å². The zero-order valence-electron chi connectivity index (χ0n) is 10.7. The third-order valence-electron chi connectivity index (χ3n) is 2.55. The van der Waals surface area contributed by atoms with Crippen molar-refractivity contribution in [2.75, 3.05) is 6.61 Å². The van der Waals surface area contributed by atoms with E-state index in [1.165, 1.54) is 0 Å². The van der Waals surface area contributed by atoms with Gasteiger partial charge in [0, 0.05) is 6.54 Å². The lowest BCUT2D eigenvalue weighted by molar-refractivity contribution is 0.0505. The first kappa shape index (κ1) is 13.2. The highest BCUT2D eigenvalue weighted by molar-refractivity contribution is 5.89. The fourth-order valence-electron chi connectivity index (χ4n) is 1.55. The van der Waals surface area contributed by atoms with Crippen LogP contribution in [0.1, 0.15) is 29.4 Å². The van der Waals surface area contributed by atoms with Crippen molar-refractivity contribution in [3.05, 3.63) is 41.7 Å². The number of nitrogens with two attached hydrogens (primary N) is 1. The number of nitrogens with zero attached hydrogens (tertiary/aromatic N) is 3. The Bertz CT molecular complexity index is 548. The van der Waals surface area contributed by atoms with Crippen molar-refractivity contribution in [2.24, 2.45) is 5.73 Å². The van der Waals surface area contributed by atoms with Crippen LogP contribution in [0.15, 0.2) is 30.5 Å². The Hall–Kier alpha value is -2.21. The monoisotopic (exact) mass is 260 g/mol. The number of hydrogen-bond donors (Lipinski definition) is 1. The zero-order valence-corrected chi connectivity index (χ0v) is 10.7. The zero-order chi connectivity index (χ0) is 13.7. The van der Waals surface area contributed by atoms with E-state index in [9.17, 15) is 4.79 Å². The molecule has 2 N–H and O–H groups in total. The van der Waals surface area contributed by atoms with Crippen LogP contribution in [0.25, 0.3) is 5.69 Å². The van der Waals surface area contributed by atoms with E-state index in [-0.39, 0.29) is 5.97 Å². The maximum absolute atomic E-state index is 11.6. The molecule has 0 saturated carbocycles. The van der Waals surface area contributed by atoms with Crippen molar-refractivity contribution in [2.45, 2.75) is 19.9 Å². The smallest absolute Gasteiger partial charge is 0.338 e. The van der Waals surface area contributed by atoms with Gasteiger partial charge < -0.3 is 10.5 Å². The average molecular weight is 260 g/mol. The molecule has 2 rings (SSSR count). The fraction of sp³-hybridized carbons (Fsp3) is 0.308. The number of aromatic nitrogens is 3. The molecule has 2 aromatic rings. The van der Waals surface area contributed by atoms with E-state index in [0.717, 1.165) is 12.1 Å². The lowest BCUT2D eigenvalue weighted by atomic mass is 10.2. The van der Waals surface area contributed by atoms with Crippen molar-refractivity contribution in [1.29, 1.82) is 0 Å². The molecule has 0 amide bonds. The minimum absolute atomic E-state index is 0.311. The van der Waals surface area contributed by atoms with Crippen molar-refractivity contribution in [3.63, 3.8) is 0 Å². The number of carbonyl (C=O) groups is 1. The molecule has 0 unspecified atom stereocenters. The van der Waals surface area contributed by atoms with E-state index in [0.29, 0.717) is 24.4 Å². The molecule has 1 heterocycles. The predicted molar refractivity (Wildman–Crippen MR) is 69.8 cm³/mol. The summed E-state index contributed by atoms with van der Waals surface area (Å²) >= 11 is 0. The summed E-state index contributed by atoms with van der Waals surface area (Å²) in [5.41, 5.74) is 7.53. The topological polar surface area (TPSA) is 83.0 Å². The second kappa shape index (κ2) is 6.10. The van der Waals surface area contributed by atoms with Crippen LogP contribution in [0.2, 0.25) is 0 Å². The third-order valence-corrected chi connectivity index (χ3v) is 2.55. The van der Waals surface area contributed by atoms with Crippen molar-refractivity contribution >= 4 is 5.97 Å². The third kappa shape index (κ3) is 3.17. The normalized spacial score (nSPS) is 10.4. The van der Waals surface area contributed by atoms with Crippen LogP contribution < -0.4 is 5.73 Å². The van der Waals surface area contributed by atoms with Crippen LogP contribution >= 0.6 is 0 Å². The molecule has 0 spiro atoms. The van der Waals surface area contributed by atoms with Gasteiger partial charge in [0.25, 0.3) is 0 Å². The van der Waals surface area contributed by atoms with Crippen LogP contribution in [0.3, 0.4) is 0 Å². The first-order valence-corrected chi connectivity index (χ1v) is 6.13. The van der Waals surface area contributed by atoms with E-state index in [4.69, 9.17) is 10.5 Å². The molecule has 0 atom stereocenters. The molecule has 6 heteroatoms. The molecule has 0 radical (unpaired) electrons.